The molecule has 1 rings (SSSR count). The van der Waals surface area contributed by atoms with Crippen molar-refractivity contribution in [1.82, 2.24) is 0 Å². The second kappa shape index (κ2) is 7.11. The fourth-order valence-corrected chi connectivity index (χ4v) is 1.38. The maximum absolute atomic E-state index is 11.6. The van der Waals surface area contributed by atoms with E-state index >= 15 is 0 Å². The van der Waals surface area contributed by atoms with Crippen LogP contribution in [0.15, 0.2) is 24.3 Å². The summed E-state index contributed by atoms with van der Waals surface area (Å²) in [5.41, 5.74) is 6.63. The number of nitrogen functional groups attached to an aromatic ring is 1. The maximum Gasteiger partial charge on any atom is 0.250 e. The maximum atomic E-state index is 11.6. The minimum absolute atomic E-state index is 0.00806. The summed E-state index contributed by atoms with van der Waals surface area (Å²) >= 11 is 0. The molecule has 1 amide bonds. The highest BCUT2D eigenvalue weighted by atomic mass is 16.5. The van der Waals surface area contributed by atoms with Crippen LogP contribution in [-0.4, -0.2) is 31.8 Å². The van der Waals surface area contributed by atoms with Crippen LogP contribution < -0.4 is 11.1 Å². The molecule has 0 aliphatic carbocycles. The van der Waals surface area contributed by atoms with E-state index in [0.717, 1.165) is 6.42 Å². The molecule has 0 aromatic heterocycles. The molecule has 0 saturated heterocycles. The minimum atomic E-state index is -0.236. The Morgan fingerprint density at radius 1 is 1.37 bits per heavy atom. The summed E-state index contributed by atoms with van der Waals surface area (Å²) < 4.78 is 10.6. The monoisotopic (exact) mass is 266 g/mol. The first kappa shape index (κ1) is 15.5. The summed E-state index contributed by atoms with van der Waals surface area (Å²) in [6, 6.07) is 7.11. The number of carbonyl (C=O) groups excluding carboxylic acids is 1. The number of hydrogen-bond acceptors (Lipinski definition) is 4. The van der Waals surface area contributed by atoms with Gasteiger partial charge in [0.05, 0.1) is 17.0 Å². The first-order chi connectivity index (χ1) is 8.94. The van der Waals surface area contributed by atoms with Gasteiger partial charge in [0.25, 0.3) is 0 Å². The zero-order valence-electron chi connectivity index (χ0n) is 11.7. The number of rotatable bonds is 7. The van der Waals surface area contributed by atoms with E-state index in [1.54, 1.807) is 19.2 Å². The highest BCUT2D eigenvalue weighted by molar-refractivity contribution is 5.94. The molecule has 1 aromatic carbocycles. The van der Waals surface area contributed by atoms with Crippen LogP contribution in [0.25, 0.3) is 0 Å². The molecule has 0 spiro atoms. The van der Waals surface area contributed by atoms with Crippen LogP contribution in [-0.2, 0) is 14.3 Å². The number of nitrogens with one attached hydrogen (secondary N) is 1. The minimum Gasteiger partial charge on any atom is -0.397 e. The first-order valence-corrected chi connectivity index (χ1v) is 6.22. The van der Waals surface area contributed by atoms with Crippen molar-refractivity contribution in [2.75, 3.05) is 31.4 Å². The van der Waals surface area contributed by atoms with Gasteiger partial charge in [-0.1, -0.05) is 12.1 Å². The Morgan fingerprint density at radius 2 is 2.05 bits per heavy atom. The number of amides is 1. The van der Waals surface area contributed by atoms with Gasteiger partial charge in [0.1, 0.15) is 6.61 Å². The Labute approximate surface area is 114 Å². The van der Waals surface area contributed by atoms with Crippen LogP contribution in [0.5, 0.6) is 0 Å². The van der Waals surface area contributed by atoms with Crippen LogP contribution in [0.1, 0.15) is 20.3 Å². The smallest absolute Gasteiger partial charge is 0.250 e. The summed E-state index contributed by atoms with van der Waals surface area (Å²) in [6.07, 6.45) is 0.726. The van der Waals surface area contributed by atoms with Gasteiger partial charge in [-0.2, -0.15) is 0 Å². The predicted molar refractivity (Wildman–Crippen MR) is 76.0 cm³/mol. The highest BCUT2D eigenvalue weighted by Crippen LogP contribution is 2.16. The third-order valence-corrected chi connectivity index (χ3v) is 2.87. The van der Waals surface area contributed by atoms with E-state index in [-0.39, 0.29) is 18.1 Å². The van der Waals surface area contributed by atoms with Gasteiger partial charge in [-0.05, 0) is 32.4 Å². The second-order valence-electron chi connectivity index (χ2n) is 4.90. The number of para-hydroxylation sites is 2. The van der Waals surface area contributed by atoms with Crippen molar-refractivity contribution in [1.29, 1.82) is 0 Å². The lowest BCUT2D eigenvalue weighted by Crippen LogP contribution is -2.26. The van der Waals surface area contributed by atoms with E-state index in [1.807, 2.05) is 26.0 Å². The average molecular weight is 266 g/mol. The fraction of sp³-hybridized carbons (Fsp3) is 0.500. The summed E-state index contributed by atoms with van der Waals surface area (Å²) in [5.74, 6) is -0.215. The molecule has 1 aromatic rings. The normalized spacial score (nSPS) is 11.3. The van der Waals surface area contributed by atoms with Gasteiger partial charge >= 0.3 is 0 Å². The van der Waals surface area contributed by atoms with E-state index in [0.29, 0.717) is 18.0 Å². The summed E-state index contributed by atoms with van der Waals surface area (Å²) in [4.78, 5) is 11.6. The fourth-order valence-electron chi connectivity index (χ4n) is 1.38. The largest absolute Gasteiger partial charge is 0.397 e. The second-order valence-corrected chi connectivity index (χ2v) is 4.90. The highest BCUT2D eigenvalue weighted by Gasteiger charge is 2.16. The van der Waals surface area contributed by atoms with Gasteiger partial charge in [0.15, 0.2) is 0 Å². The standard InChI is InChI=1S/C14H22N2O3/c1-14(2,18-3)8-9-19-10-13(17)16-12-7-5-4-6-11(12)15/h4-7H,8-10,15H2,1-3H3,(H,16,17). The molecule has 5 heteroatoms. The number of anilines is 2. The van der Waals surface area contributed by atoms with Gasteiger partial charge in [-0.3, -0.25) is 4.79 Å². The molecule has 5 nitrogen and oxygen atoms in total. The van der Waals surface area contributed by atoms with Crippen molar-refractivity contribution in [3.05, 3.63) is 24.3 Å². The predicted octanol–water partition coefficient (Wildman–Crippen LogP) is 2.04. The number of benzene rings is 1. The molecule has 0 atom stereocenters. The summed E-state index contributed by atoms with van der Waals surface area (Å²) in [7, 11) is 1.66. The third kappa shape index (κ3) is 5.72. The van der Waals surface area contributed by atoms with Crippen LogP contribution in [0.2, 0.25) is 0 Å². The van der Waals surface area contributed by atoms with E-state index in [4.69, 9.17) is 15.2 Å². The van der Waals surface area contributed by atoms with Gasteiger partial charge in [0, 0.05) is 13.7 Å². The van der Waals surface area contributed by atoms with Gasteiger partial charge in [-0.15, -0.1) is 0 Å². The molecule has 0 aliphatic heterocycles. The molecule has 19 heavy (non-hydrogen) atoms. The number of methoxy groups -OCH3 is 1. The lowest BCUT2D eigenvalue weighted by Gasteiger charge is -2.22. The van der Waals surface area contributed by atoms with Crippen LogP contribution in [0.3, 0.4) is 0 Å². The van der Waals surface area contributed by atoms with Crippen LogP contribution in [0, 0.1) is 0 Å². The van der Waals surface area contributed by atoms with Gasteiger partial charge < -0.3 is 20.5 Å². The van der Waals surface area contributed by atoms with Crippen LogP contribution in [0.4, 0.5) is 11.4 Å². The molecular weight excluding hydrogens is 244 g/mol. The first-order valence-electron chi connectivity index (χ1n) is 6.22. The lowest BCUT2D eigenvalue weighted by atomic mass is 10.1. The molecule has 0 bridgehead atoms. The Balaban J connectivity index is 2.28. The Morgan fingerprint density at radius 3 is 2.68 bits per heavy atom. The zero-order valence-corrected chi connectivity index (χ0v) is 11.7. The third-order valence-electron chi connectivity index (χ3n) is 2.87. The molecule has 0 fully saturated rings. The van der Waals surface area contributed by atoms with Gasteiger partial charge in [0.2, 0.25) is 5.91 Å². The van der Waals surface area contributed by atoms with Crippen molar-refractivity contribution >= 4 is 17.3 Å². The van der Waals surface area contributed by atoms with E-state index in [9.17, 15) is 4.79 Å². The summed E-state index contributed by atoms with van der Waals surface area (Å²) in [6.45, 7) is 4.43. The molecule has 0 heterocycles. The number of nitrogens with two attached hydrogens (primary N) is 1. The van der Waals surface area contributed by atoms with Crippen LogP contribution >= 0.6 is 0 Å². The van der Waals surface area contributed by atoms with Crippen molar-refractivity contribution in [2.45, 2.75) is 25.9 Å². The topological polar surface area (TPSA) is 73.6 Å². The Bertz CT molecular complexity index is 419. The number of ether oxygens (including phenoxy) is 2. The molecular formula is C14H22N2O3. The van der Waals surface area contributed by atoms with Gasteiger partial charge in [-0.25, -0.2) is 0 Å². The average Bonchev–Trinajstić information content (AvgIpc) is 2.38. The van der Waals surface area contributed by atoms with Crippen molar-refractivity contribution in [2.24, 2.45) is 0 Å². The quantitative estimate of drug-likeness (QED) is 0.585. The zero-order chi connectivity index (χ0) is 14.3. The molecule has 3 N–H and O–H groups in total. The molecule has 0 aliphatic rings. The van der Waals surface area contributed by atoms with Crippen molar-refractivity contribution in [3.63, 3.8) is 0 Å². The molecule has 106 valence electrons. The Hall–Kier alpha value is -1.59. The van der Waals surface area contributed by atoms with E-state index in [2.05, 4.69) is 5.32 Å². The molecule has 0 radical (unpaired) electrons. The van der Waals surface area contributed by atoms with E-state index < -0.39 is 0 Å². The van der Waals surface area contributed by atoms with Crippen molar-refractivity contribution < 1.29 is 14.3 Å². The number of carbonyl (C=O) groups is 1. The van der Waals surface area contributed by atoms with E-state index in [1.165, 1.54) is 0 Å². The lowest BCUT2D eigenvalue weighted by molar-refractivity contribution is -0.121. The Kier molecular flexibility index (Phi) is 5.79. The number of hydrogen-bond donors (Lipinski definition) is 2. The summed E-state index contributed by atoms with van der Waals surface area (Å²) in [5, 5.41) is 2.70. The molecule has 0 saturated carbocycles. The molecule has 0 unspecified atom stereocenters. The van der Waals surface area contributed by atoms with Crippen molar-refractivity contribution in [3.8, 4) is 0 Å². The SMILES string of the molecule is COC(C)(C)CCOCC(=O)Nc1ccccc1N.